The van der Waals surface area contributed by atoms with E-state index in [9.17, 15) is 14.4 Å². The van der Waals surface area contributed by atoms with Gasteiger partial charge in [0.15, 0.2) is 0 Å². The topological polar surface area (TPSA) is 119 Å². The van der Waals surface area contributed by atoms with Crippen LogP contribution in [0.3, 0.4) is 0 Å². The van der Waals surface area contributed by atoms with E-state index in [1.54, 1.807) is 42.4 Å². The van der Waals surface area contributed by atoms with Gasteiger partial charge < -0.3 is 9.64 Å². The number of imide groups is 1. The minimum absolute atomic E-state index is 0.213. The smallest absolute Gasteiger partial charge is 0.255 e. The molecule has 1 unspecified atom stereocenters. The number of carbonyl (C=O) groups is 3. The Morgan fingerprint density at radius 3 is 2.84 bits per heavy atom. The van der Waals surface area contributed by atoms with E-state index in [1.807, 2.05) is 12.1 Å². The molecule has 10 heteroatoms. The van der Waals surface area contributed by atoms with Gasteiger partial charge in [0.2, 0.25) is 17.7 Å². The summed E-state index contributed by atoms with van der Waals surface area (Å²) >= 11 is 0. The highest BCUT2D eigenvalue weighted by Gasteiger charge is 2.39. The van der Waals surface area contributed by atoms with E-state index in [1.165, 1.54) is 4.90 Å². The van der Waals surface area contributed by atoms with Crippen LogP contribution in [0.2, 0.25) is 0 Å². The minimum atomic E-state index is -0.642. The first kappa shape index (κ1) is 18.9. The number of aromatic nitrogens is 4. The molecule has 31 heavy (non-hydrogen) atoms. The minimum Gasteiger partial charge on any atom is -0.481 e. The number of nitrogens with one attached hydrogen (secondary N) is 1. The predicted octanol–water partition coefficient (Wildman–Crippen LogP) is 1.10. The zero-order valence-corrected chi connectivity index (χ0v) is 16.6. The number of piperidine rings is 1. The van der Waals surface area contributed by atoms with Gasteiger partial charge in [-0.15, -0.1) is 5.10 Å². The summed E-state index contributed by atoms with van der Waals surface area (Å²) in [4.78, 5) is 42.2. The fourth-order valence-corrected chi connectivity index (χ4v) is 3.97. The molecule has 1 aromatic carbocycles. The van der Waals surface area contributed by atoms with Crippen LogP contribution >= 0.6 is 0 Å². The maximum Gasteiger partial charge on any atom is 0.255 e. The van der Waals surface area contributed by atoms with E-state index in [4.69, 9.17) is 4.74 Å². The van der Waals surface area contributed by atoms with Crippen molar-refractivity contribution in [2.45, 2.75) is 25.4 Å². The standard InChI is InChI=1S/C21H18N6O4/c1-31-20-15(3-2-8-22-20)16-11-27(25-24-16)13-4-5-14-12(9-13)10-26(21(14)30)17-6-7-18(28)23-19(17)29/h2-5,8-9,11,17H,6-7,10H2,1H3,(H,23,28,29). The van der Waals surface area contributed by atoms with Crippen LogP contribution in [0.1, 0.15) is 28.8 Å². The molecule has 1 fully saturated rings. The first-order valence-electron chi connectivity index (χ1n) is 9.75. The Morgan fingerprint density at radius 2 is 2.03 bits per heavy atom. The Hall–Kier alpha value is -4.08. The lowest BCUT2D eigenvalue weighted by molar-refractivity contribution is -0.136. The number of hydrogen-bond donors (Lipinski definition) is 1. The molecule has 1 saturated heterocycles. The number of nitrogens with zero attached hydrogens (tertiary/aromatic N) is 5. The van der Waals surface area contributed by atoms with E-state index in [0.717, 1.165) is 16.8 Å². The van der Waals surface area contributed by atoms with Crippen LogP contribution in [0, 0.1) is 0 Å². The normalized spacial score (nSPS) is 18.2. The van der Waals surface area contributed by atoms with Gasteiger partial charge in [0.05, 0.1) is 24.6 Å². The van der Waals surface area contributed by atoms with E-state index >= 15 is 0 Å². The van der Waals surface area contributed by atoms with Crippen molar-refractivity contribution in [3.8, 4) is 22.8 Å². The summed E-state index contributed by atoms with van der Waals surface area (Å²) < 4.78 is 6.90. The quantitative estimate of drug-likeness (QED) is 0.630. The Bertz CT molecular complexity index is 1220. The van der Waals surface area contributed by atoms with Gasteiger partial charge in [-0.2, -0.15) is 0 Å². The van der Waals surface area contributed by atoms with Gasteiger partial charge in [-0.25, -0.2) is 9.67 Å². The number of amides is 3. The molecule has 2 aromatic heterocycles. The number of ether oxygens (including phenoxy) is 1. The van der Waals surface area contributed by atoms with Crippen molar-refractivity contribution in [3.63, 3.8) is 0 Å². The molecule has 156 valence electrons. The molecule has 0 aliphatic carbocycles. The van der Waals surface area contributed by atoms with E-state index in [0.29, 0.717) is 30.1 Å². The number of carbonyl (C=O) groups excluding carboxylic acids is 3. The van der Waals surface area contributed by atoms with Crippen LogP contribution < -0.4 is 10.1 Å². The number of benzene rings is 1. The third-order valence-corrected chi connectivity index (χ3v) is 5.51. The third kappa shape index (κ3) is 3.21. The van der Waals surface area contributed by atoms with Crippen molar-refractivity contribution in [2.75, 3.05) is 7.11 Å². The highest BCUT2D eigenvalue weighted by atomic mass is 16.5. The summed E-state index contributed by atoms with van der Waals surface area (Å²) in [5.74, 6) is -0.492. The van der Waals surface area contributed by atoms with Crippen LogP contribution in [0.15, 0.2) is 42.7 Å². The first-order valence-corrected chi connectivity index (χ1v) is 9.75. The van der Waals surface area contributed by atoms with Crippen LogP contribution in [0.5, 0.6) is 5.88 Å². The molecule has 0 spiro atoms. The predicted molar refractivity (Wildman–Crippen MR) is 107 cm³/mol. The summed E-state index contributed by atoms with van der Waals surface area (Å²) in [6.45, 7) is 0.298. The maximum atomic E-state index is 12.8. The molecule has 0 saturated carbocycles. The summed E-state index contributed by atoms with van der Waals surface area (Å²) in [6.07, 6.45) is 3.95. The zero-order chi connectivity index (χ0) is 21.5. The number of fused-ring (bicyclic) bond motifs is 1. The molecule has 5 rings (SSSR count). The van der Waals surface area contributed by atoms with Gasteiger partial charge in [-0.05, 0) is 42.3 Å². The lowest BCUT2D eigenvalue weighted by Crippen LogP contribution is -2.52. The van der Waals surface area contributed by atoms with Gasteiger partial charge in [-0.3, -0.25) is 19.7 Å². The molecule has 3 amide bonds. The fourth-order valence-electron chi connectivity index (χ4n) is 3.97. The highest BCUT2D eigenvalue weighted by Crippen LogP contribution is 2.30. The Labute approximate surface area is 176 Å². The zero-order valence-electron chi connectivity index (χ0n) is 16.6. The van der Waals surface area contributed by atoms with E-state index < -0.39 is 11.9 Å². The molecule has 0 bridgehead atoms. The molecule has 3 aromatic rings. The van der Waals surface area contributed by atoms with Crippen molar-refractivity contribution >= 4 is 17.7 Å². The summed E-state index contributed by atoms with van der Waals surface area (Å²) in [7, 11) is 1.54. The molecule has 4 heterocycles. The fraction of sp³-hybridized carbons (Fsp3) is 0.238. The van der Waals surface area contributed by atoms with Gasteiger partial charge in [-0.1, -0.05) is 5.21 Å². The number of pyridine rings is 1. The molecule has 2 aliphatic rings. The molecule has 1 N–H and O–H groups in total. The Balaban J connectivity index is 1.42. The lowest BCUT2D eigenvalue weighted by atomic mass is 10.0. The van der Waals surface area contributed by atoms with Crippen molar-refractivity contribution < 1.29 is 19.1 Å². The van der Waals surface area contributed by atoms with E-state index in [2.05, 4.69) is 20.6 Å². The summed E-state index contributed by atoms with van der Waals surface area (Å²) in [5.41, 5.74) is 3.40. The highest BCUT2D eigenvalue weighted by molar-refractivity contribution is 6.05. The van der Waals surface area contributed by atoms with Crippen LogP contribution in [0.4, 0.5) is 0 Å². The largest absolute Gasteiger partial charge is 0.481 e. The third-order valence-electron chi connectivity index (χ3n) is 5.51. The first-order chi connectivity index (χ1) is 15.0. The van der Waals surface area contributed by atoms with Gasteiger partial charge in [0.25, 0.3) is 5.91 Å². The molecular weight excluding hydrogens is 400 g/mol. The maximum absolute atomic E-state index is 12.8. The molecular formula is C21H18N6O4. The summed E-state index contributed by atoms with van der Waals surface area (Å²) in [6, 6.07) is 8.37. The monoisotopic (exact) mass is 418 g/mol. The van der Waals surface area contributed by atoms with Gasteiger partial charge >= 0.3 is 0 Å². The SMILES string of the molecule is COc1ncccc1-c1cn(-c2ccc3c(c2)CN(C2CCC(=O)NC2=O)C3=O)nn1. The molecule has 1 atom stereocenters. The van der Waals surface area contributed by atoms with Crippen molar-refractivity contribution in [3.05, 3.63) is 53.9 Å². The number of hydrogen-bond acceptors (Lipinski definition) is 7. The van der Waals surface area contributed by atoms with Crippen molar-refractivity contribution in [1.82, 2.24) is 30.2 Å². The number of rotatable bonds is 4. The average molecular weight is 418 g/mol. The van der Waals surface area contributed by atoms with Crippen LogP contribution in [0.25, 0.3) is 16.9 Å². The van der Waals surface area contributed by atoms with Crippen LogP contribution in [-0.4, -0.2) is 55.8 Å². The van der Waals surface area contributed by atoms with Crippen LogP contribution in [-0.2, 0) is 16.1 Å². The van der Waals surface area contributed by atoms with Crippen molar-refractivity contribution in [2.24, 2.45) is 0 Å². The van der Waals surface area contributed by atoms with E-state index in [-0.39, 0.29) is 18.2 Å². The van der Waals surface area contributed by atoms with Gasteiger partial charge in [0.1, 0.15) is 11.7 Å². The summed E-state index contributed by atoms with van der Waals surface area (Å²) in [5, 5.41) is 10.7. The van der Waals surface area contributed by atoms with Crippen molar-refractivity contribution in [1.29, 1.82) is 0 Å². The Kier molecular flexibility index (Phi) is 4.46. The average Bonchev–Trinajstić information content (AvgIpc) is 3.39. The second-order valence-electron chi connectivity index (χ2n) is 7.35. The molecule has 10 nitrogen and oxygen atoms in total. The van der Waals surface area contributed by atoms with Gasteiger partial charge in [0, 0.05) is 24.7 Å². The lowest BCUT2D eigenvalue weighted by Gasteiger charge is -2.29. The second-order valence-corrected chi connectivity index (χ2v) is 7.35. The molecule has 2 aliphatic heterocycles. The Morgan fingerprint density at radius 1 is 1.16 bits per heavy atom. The second kappa shape index (κ2) is 7.31. The molecule has 0 radical (unpaired) electrons. The number of methoxy groups -OCH3 is 1.